The predicted molar refractivity (Wildman–Crippen MR) is 79.2 cm³/mol. The Labute approximate surface area is 118 Å². The molecule has 3 rings (SSSR count). The Morgan fingerprint density at radius 1 is 1.30 bits per heavy atom. The third kappa shape index (κ3) is 2.34. The van der Waals surface area contributed by atoms with Crippen molar-refractivity contribution in [3.63, 3.8) is 0 Å². The van der Waals surface area contributed by atoms with Crippen LogP contribution >= 0.6 is 0 Å². The minimum Gasteiger partial charge on any atom is -0.330 e. The average Bonchev–Trinajstić information content (AvgIpc) is 2.53. The second kappa shape index (κ2) is 5.71. The highest BCUT2D eigenvalue weighted by Gasteiger charge is 2.21. The quantitative estimate of drug-likeness (QED) is 0.925. The Morgan fingerprint density at radius 2 is 2.20 bits per heavy atom. The van der Waals surface area contributed by atoms with Crippen molar-refractivity contribution in [1.29, 1.82) is 0 Å². The standard InChI is InChI=1S/C17H19FN2/c18-10-14-9-12(7-8-20-14)15-4-2-5-16-13(11-19)3-1-6-17(15)16/h2,4-5,7-9,13H,1,3,6,10-11,19H2. The Balaban J connectivity index is 2.10. The van der Waals surface area contributed by atoms with E-state index in [1.807, 2.05) is 12.1 Å². The van der Waals surface area contributed by atoms with Gasteiger partial charge in [0.1, 0.15) is 6.67 Å². The van der Waals surface area contributed by atoms with Gasteiger partial charge in [-0.25, -0.2) is 4.39 Å². The summed E-state index contributed by atoms with van der Waals surface area (Å²) in [5, 5.41) is 0. The molecule has 20 heavy (non-hydrogen) atoms. The van der Waals surface area contributed by atoms with Crippen LogP contribution in [0.2, 0.25) is 0 Å². The number of hydrogen-bond acceptors (Lipinski definition) is 2. The smallest absolute Gasteiger partial charge is 0.131 e. The number of hydrogen-bond donors (Lipinski definition) is 1. The van der Waals surface area contributed by atoms with Crippen molar-refractivity contribution in [2.24, 2.45) is 5.73 Å². The van der Waals surface area contributed by atoms with Gasteiger partial charge in [0.05, 0.1) is 5.69 Å². The van der Waals surface area contributed by atoms with E-state index in [1.165, 1.54) is 29.5 Å². The zero-order valence-corrected chi connectivity index (χ0v) is 11.5. The first-order chi connectivity index (χ1) is 9.83. The second-order valence-electron chi connectivity index (χ2n) is 5.37. The SMILES string of the molecule is NCC1CCCc2c(-c3ccnc(CF)c3)cccc21. The van der Waals surface area contributed by atoms with Crippen molar-refractivity contribution in [1.82, 2.24) is 4.98 Å². The van der Waals surface area contributed by atoms with Crippen molar-refractivity contribution in [3.05, 3.63) is 53.3 Å². The molecule has 1 aliphatic rings. The van der Waals surface area contributed by atoms with Crippen LogP contribution in [0.15, 0.2) is 36.5 Å². The molecule has 104 valence electrons. The molecule has 3 heteroatoms. The summed E-state index contributed by atoms with van der Waals surface area (Å²) in [6.07, 6.45) is 5.11. The van der Waals surface area contributed by atoms with Gasteiger partial charge < -0.3 is 5.73 Å². The molecule has 1 heterocycles. The van der Waals surface area contributed by atoms with E-state index in [9.17, 15) is 4.39 Å². The van der Waals surface area contributed by atoms with E-state index in [4.69, 9.17) is 5.73 Å². The molecule has 0 radical (unpaired) electrons. The number of pyridine rings is 1. The summed E-state index contributed by atoms with van der Waals surface area (Å²) in [6, 6.07) is 10.2. The fraction of sp³-hybridized carbons (Fsp3) is 0.353. The molecule has 0 bridgehead atoms. The van der Waals surface area contributed by atoms with Crippen LogP contribution in [-0.4, -0.2) is 11.5 Å². The molecule has 0 spiro atoms. The Morgan fingerprint density at radius 3 is 3.00 bits per heavy atom. The molecule has 1 aromatic heterocycles. The largest absolute Gasteiger partial charge is 0.330 e. The van der Waals surface area contributed by atoms with Gasteiger partial charge in [-0.3, -0.25) is 4.98 Å². The lowest BCUT2D eigenvalue weighted by molar-refractivity contribution is 0.476. The zero-order chi connectivity index (χ0) is 13.9. The van der Waals surface area contributed by atoms with Crippen molar-refractivity contribution < 1.29 is 4.39 Å². The van der Waals surface area contributed by atoms with E-state index in [0.29, 0.717) is 18.2 Å². The lowest BCUT2D eigenvalue weighted by Gasteiger charge is -2.26. The number of benzene rings is 1. The molecule has 1 unspecified atom stereocenters. The number of aromatic nitrogens is 1. The Bertz CT molecular complexity index is 610. The van der Waals surface area contributed by atoms with E-state index in [2.05, 4.69) is 23.2 Å². The molecule has 2 aromatic rings. The van der Waals surface area contributed by atoms with Crippen LogP contribution in [0, 0.1) is 0 Å². The third-order valence-corrected chi connectivity index (χ3v) is 4.18. The number of rotatable bonds is 3. The van der Waals surface area contributed by atoms with Gasteiger partial charge in [-0.1, -0.05) is 18.2 Å². The maximum atomic E-state index is 12.8. The summed E-state index contributed by atoms with van der Waals surface area (Å²) in [4.78, 5) is 4.03. The van der Waals surface area contributed by atoms with E-state index < -0.39 is 6.67 Å². The lowest BCUT2D eigenvalue weighted by Crippen LogP contribution is -2.18. The van der Waals surface area contributed by atoms with Gasteiger partial charge >= 0.3 is 0 Å². The molecule has 2 N–H and O–H groups in total. The molecule has 0 fully saturated rings. The van der Waals surface area contributed by atoms with Crippen LogP contribution in [0.4, 0.5) is 4.39 Å². The van der Waals surface area contributed by atoms with Gasteiger partial charge in [-0.2, -0.15) is 0 Å². The number of nitrogens with two attached hydrogens (primary N) is 1. The Hall–Kier alpha value is -1.74. The lowest BCUT2D eigenvalue weighted by atomic mass is 9.79. The topological polar surface area (TPSA) is 38.9 Å². The first-order valence-electron chi connectivity index (χ1n) is 7.16. The molecule has 2 nitrogen and oxygen atoms in total. The summed E-state index contributed by atoms with van der Waals surface area (Å²) < 4.78 is 12.8. The van der Waals surface area contributed by atoms with Gasteiger partial charge in [-0.05, 0) is 66.1 Å². The van der Waals surface area contributed by atoms with Crippen LogP contribution in [0.25, 0.3) is 11.1 Å². The van der Waals surface area contributed by atoms with Crippen molar-refractivity contribution >= 4 is 0 Å². The molecule has 0 aliphatic heterocycles. The van der Waals surface area contributed by atoms with Gasteiger partial charge in [0, 0.05) is 6.20 Å². The summed E-state index contributed by atoms with van der Waals surface area (Å²) in [7, 11) is 0. The van der Waals surface area contributed by atoms with E-state index in [1.54, 1.807) is 6.20 Å². The number of alkyl halides is 1. The monoisotopic (exact) mass is 270 g/mol. The van der Waals surface area contributed by atoms with E-state index >= 15 is 0 Å². The molecule has 1 aliphatic carbocycles. The van der Waals surface area contributed by atoms with Crippen LogP contribution < -0.4 is 5.73 Å². The molecule has 0 saturated carbocycles. The summed E-state index contributed by atoms with van der Waals surface area (Å²) >= 11 is 0. The minimum atomic E-state index is -0.520. The molecule has 0 amide bonds. The number of fused-ring (bicyclic) bond motifs is 1. The minimum absolute atomic E-state index is 0.459. The van der Waals surface area contributed by atoms with Crippen LogP contribution in [0.5, 0.6) is 0 Å². The third-order valence-electron chi connectivity index (χ3n) is 4.18. The first kappa shape index (κ1) is 13.3. The fourth-order valence-corrected chi connectivity index (χ4v) is 3.18. The van der Waals surface area contributed by atoms with Gasteiger partial charge in [0.2, 0.25) is 0 Å². The maximum absolute atomic E-state index is 12.8. The highest BCUT2D eigenvalue weighted by Crippen LogP contribution is 2.36. The maximum Gasteiger partial charge on any atom is 0.131 e. The number of nitrogens with zero attached hydrogens (tertiary/aromatic N) is 1. The van der Waals surface area contributed by atoms with Crippen LogP contribution in [-0.2, 0) is 13.1 Å². The van der Waals surface area contributed by atoms with Gasteiger partial charge in [0.25, 0.3) is 0 Å². The molecule has 1 atom stereocenters. The molecule has 1 aromatic carbocycles. The number of halogens is 1. The normalized spacial score (nSPS) is 17.8. The molecular weight excluding hydrogens is 251 g/mol. The van der Waals surface area contributed by atoms with Gasteiger partial charge in [-0.15, -0.1) is 0 Å². The zero-order valence-electron chi connectivity index (χ0n) is 11.5. The van der Waals surface area contributed by atoms with Crippen molar-refractivity contribution in [2.75, 3.05) is 6.54 Å². The summed E-state index contributed by atoms with van der Waals surface area (Å²) in [5.74, 6) is 0.459. The summed E-state index contributed by atoms with van der Waals surface area (Å²) in [5.41, 5.74) is 11.4. The summed E-state index contributed by atoms with van der Waals surface area (Å²) in [6.45, 7) is 0.177. The van der Waals surface area contributed by atoms with E-state index in [0.717, 1.165) is 12.0 Å². The predicted octanol–water partition coefficient (Wildman–Crippen LogP) is 3.60. The first-order valence-corrected chi connectivity index (χ1v) is 7.16. The van der Waals surface area contributed by atoms with Crippen LogP contribution in [0.3, 0.4) is 0 Å². The van der Waals surface area contributed by atoms with E-state index in [-0.39, 0.29) is 0 Å². The fourth-order valence-electron chi connectivity index (χ4n) is 3.18. The van der Waals surface area contributed by atoms with Crippen molar-refractivity contribution in [2.45, 2.75) is 31.9 Å². The Kier molecular flexibility index (Phi) is 3.79. The van der Waals surface area contributed by atoms with Crippen molar-refractivity contribution in [3.8, 4) is 11.1 Å². The molecule has 0 saturated heterocycles. The average molecular weight is 270 g/mol. The highest BCUT2D eigenvalue weighted by atomic mass is 19.1. The highest BCUT2D eigenvalue weighted by molar-refractivity contribution is 5.69. The second-order valence-corrected chi connectivity index (χ2v) is 5.37. The molecular formula is C17H19FN2. The van der Waals surface area contributed by atoms with Crippen LogP contribution in [0.1, 0.15) is 35.6 Å². The van der Waals surface area contributed by atoms with Gasteiger partial charge in [0.15, 0.2) is 0 Å².